The van der Waals surface area contributed by atoms with Crippen LogP contribution in [0.5, 0.6) is 5.75 Å². The van der Waals surface area contributed by atoms with E-state index in [1.165, 1.54) is 5.56 Å². The molecule has 0 spiro atoms. The predicted molar refractivity (Wildman–Crippen MR) is 108 cm³/mol. The Balaban J connectivity index is 1.43. The SMILES string of the molecule is COc1cccc(CN2CCC[C@](O)(CNC3(c4ccccc4)CC3)C2=O)c1. The summed E-state index contributed by atoms with van der Waals surface area (Å²) in [4.78, 5) is 14.9. The van der Waals surface area contributed by atoms with E-state index in [1.54, 1.807) is 12.0 Å². The molecule has 1 atom stereocenters. The highest BCUT2D eigenvalue weighted by Crippen LogP contribution is 2.45. The van der Waals surface area contributed by atoms with Crippen LogP contribution in [0.15, 0.2) is 54.6 Å². The molecule has 1 amide bonds. The Morgan fingerprint density at radius 2 is 1.89 bits per heavy atom. The third-order valence-electron chi connectivity index (χ3n) is 6.01. The standard InChI is InChI=1S/C23H28N2O3/c1-28-20-10-5-7-18(15-20)16-25-14-6-11-23(27,21(25)26)17-24-22(12-13-22)19-8-3-2-4-9-19/h2-5,7-10,15,24,27H,6,11-14,16-17H2,1H3/t23-/m0/s1. The summed E-state index contributed by atoms with van der Waals surface area (Å²) in [6, 6.07) is 18.0. The van der Waals surface area contributed by atoms with Crippen LogP contribution in [-0.4, -0.2) is 41.7 Å². The van der Waals surface area contributed by atoms with Crippen molar-refractivity contribution in [3.05, 3.63) is 65.7 Å². The molecule has 1 aliphatic carbocycles. The lowest BCUT2D eigenvalue weighted by Crippen LogP contribution is -2.58. The predicted octanol–water partition coefficient (Wildman–Crippen LogP) is 2.83. The van der Waals surface area contributed by atoms with Gasteiger partial charge in [0.15, 0.2) is 5.60 Å². The molecule has 28 heavy (non-hydrogen) atoms. The van der Waals surface area contributed by atoms with E-state index >= 15 is 0 Å². The molecular weight excluding hydrogens is 352 g/mol. The quantitative estimate of drug-likeness (QED) is 0.775. The van der Waals surface area contributed by atoms with Gasteiger partial charge in [-0.3, -0.25) is 4.79 Å². The fraction of sp³-hybridized carbons (Fsp3) is 0.435. The molecule has 0 unspecified atom stereocenters. The minimum Gasteiger partial charge on any atom is -0.497 e. The second kappa shape index (κ2) is 7.57. The fourth-order valence-corrected chi connectivity index (χ4v) is 4.14. The van der Waals surface area contributed by atoms with E-state index in [-0.39, 0.29) is 18.0 Å². The van der Waals surface area contributed by atoms with Gasteiger partial charge in [0.1, 0.15) is 5.75 Å². The van der Waals surface area contributed by atoms with Gasteiger partial charge in [0, 0.05) is 25.2 Å². The highest BCUT2D eigenvalue weighted by atomic mass is 16.5. The van der Waals surface area contributed by atoms with Crippen molar-refractivity contribution in [2.45, 2.75) is 43.4 Å². The van der Waals surface area contributed by atoms with E-state index in [1.807, 2.05) is 42.5 Å². The number of aliphatic hydroxyl groups is 1. The number of hydrogen-bond acceptors (Lipinski definition) is 4. The van der Waals surface area contributed by atoms with Gasteiger partial charge in [0.05, 0.1) is 7.11 Å². The number of methoxy groups -OCH3 is 1. The first-order chi connectivity index (χ1) is 13.5. The highest BCUT2D eigenvalue weighted by Gasteiger charge is 2.48. The van der Waals surface area contributed by atoms with Gasteiger partial charge < -0.3 is 20.1 Å². The molecule has 2 fully saturated rings. The van der Waals surface area contributed by atoms with Crippen LogP contribution >= 0.6 is 0 Å². The number of likely N-dealkylation sites (tertiary alicyclic amines) is 1. The third kappa shape index (κ3) is 3.77. The van der Waals surface area contributed by atoms with Crippen molar-refractivity contribution < 1.29 is 14.6 Å². The van der Waals surface area contributed by atoms with E-state index in [9.17, 15) is 9.90 Å². The number of rotatable bonds is 7. The molecule has 5 nitrogen and oxygen atoms in total. The maximum Gasteiger partial charge on any atom is 0.256 e. The summed E-state index contributed by atoms with van der Waals surface area (Å²) in [7, 11) is 1.63. The number of piperidine rings is 1. The molecule has 0 bridgehead atoms. The molecule has 2 aromatic rings. The zero-order valence-electron chi connectivity index (χ0n) is 16.4. The Kier molecular flexibility index (Phi) is 5.13. The molecule has 0 aromatic heterocycles. The molecule has 2 aromatic carbocycles. The largest absolute Gasteiger partial charge is 0.497 e. The van der Waals surface area contributed by atoms with Gasteiger partial charge in [-0.05, 0) is 48.9 Å². The van der Waals surface area contributed by atoms with Crippen LogP contribution in [0.2, 0.25) is 0 Å². The van der Waals surface area contributed by atoms with Crippen molar-refractivity contribution in [3.8, 4) is 5.75 Å². The first-order valence-corrected chi connectivity index (χ1v) is 10.00. The Labute approximate surface area is 166 Å². The fourth-order valence-electron chi connectivity index (χ4n) is 4.14. The van der Waals surface area contributed by atoms with E-state index < -0.39 is 5.60 Å². The van der Waals surface area contributed by atoms with Crippen LogP contribution < -0.4 is 10.1 Å². The molecule has 4 rings (SSSR count). The van der Waals surface area contributed by atoms with Crippen molar-refractivity contribution >= 4 is 5.91 Å². The molecule has 2 N–H and O–H groups in total. The maximum absolute atomic E-state index is 13.1. The number of hydrogen-bond donors (Lipinski definition) is 2. The van der Waals surface area contributed by atoms with Crippen LogP contribution in [0.25, 0.3) is 0 Å². The molecule has 0 radical (unpaired) electrons. The van der Waals surface area contributed by atoms with Gasteiger partial charge in [-0.25, -0.2) is 0 Å². The summed E-state index contributed by atoms with van der Waals surface area (Å²) in [5.41, 5.74) is 0.802. The molecule has 1 heterocycles. The van der Waals surface area contributed by atoms with Crippen LogP contribution in [0.1, 0.15) is 36.8 Å². The average molecular weight is 380 g/mol. The maximum atomic E-state index is 13.1. The molecule has 2 aliphatic rings. The van der Waals surface area contributed by atoms with Crippen molar-refractivity contribution in [3.63, 3.8) is 0 Å². The Bertz CT molecular complexity index is 835. The van der Waals surface area contributed by atoms with Gasteiger partial charge in [0.25, 0.3) is 5.91 Å². The Hall–Kier alpha value is -2.37. The summed E-state index contributed by atoms with van der Waals surface area (Å²) >= 11 is 0. The van der Waals surface area contributed by atoms with Crippen LogP contribution in [0, 0.1) is 0 Å². The van der Waals surface area contributed by atoms with Gasteiger partial charge >= 0.3 is 0 Å². The van der Waals surface area contributed by atoms with Gasteiger partial charge in [-0.15, -0.1) is 0 Å². The van der Waals surface area contributed by atoms with Gasteiger partial charge in [0.2, 0.25) is 0 Å². The summed E-state index contributed by atoms with van der Waals surface area (Å²) in [5.74, 6) is 0.593. The first kappa shape index (κ1) is 19.0. The van der Waals surface area contributed by atoms with Crippen LogP contribution in [0.3, 0.4) is 0 Å². The summed E-state index contributed by atoms with van der Waals surface area (Å²) in [6.07, 6.45) is 3.37. The smallest absolute Gasteiger partial charge is 0.256 e. The number of nitrogens with one attached hydrogen (secondary N) is 1. The van der Waals surface area contributed by atoms with Crippen molar-refractivity contribution in [1.82, 2.24) is 10.2 Å². The third-order valence-corrected chi connectivity index (χ3v) is 6.01. The first-order valence-electron chi connectivity index (χ1n) is 10.00. The zero-order chi connectivity index (χ0) is 19.6. The molecule has 1 aliphatic heterocycles. The summed E-state index contributed by atoms with van der Waals surface area (Å²) < 4.78 is 5.27. The van der Waals surface area contributed by atoms with Crippen molar-refractivity contribution in [2.75, 3.05) is 20.2 Å². The number of ether oxygens (including phenoxy) is 1. The number of benzene rings is 2. The summed E-state index contributed by atoms with van der Waals surface area (Å²) in [6.45, 7) is 1.44. The minimum atomic E-state index is -1.35. The minimum absolute atomic E-state index is 0.0909. The number of carbonyl (C=O) groups is 1. The topological polar surface area (TPSA) is 61.8 Å². The molecule has 1 saturated heterocycles. The molecule has 148 valence electrons. The normalized spacial score (nSPS) is 23.5. The Morgan fingerprint density at radius 3 is 2.61 bits per heavy atom. The number of nitrogens with zero attached hydrogens (tertiary/aromatic N) is 1. The lowest BCUT2D eigenvalue weighted by atomic mass is 9.90. The molecule has 1 saturated carbocycles. The van der Waals surface area contributed by atoms with Gasteiger partial charge in [-0.2, -0.15) is 0 Å². The van der Waals surface area contributed by atoms with E-state index in [2.05, 4.69) is 17.4 Å². The second-order valence-corrected chi connectivity index (χ2v) is 8.02. The van der Waals surface area contributed by atoms with Crippen molar-refractivity contribution in [1.29, 1.82) is 0 Å². The average Bonchev–Trinajstić information content (AvgIpc) is 3.52. The Morgan fingerprint density at radius 1 is 1.11 bits per heavy atom. The monoisotopic (exact) mass is 380 g/mol. The van der Waals surface area contributed by atoms with Gasteiger partial charge in [-0.1, -0.05) is 42.5 Å². The van der Waals surface area contributed by atoms with Crippen LogP contribution in [0.4, 0.5) is 0 Å². The lowest BCUT2D eigenvalue weighted by molar-refractivity contribution is -0.157. The van der Waals surface area contributed by atoms with E-state index in [0.29, 0.717) is 19.5 Å². The second-order valence-electron chi connectivity index (χ2n) is 8.02. The lowest BCUT2D eigenvalue weighted by Gasteiger charge is -2.39. The zero-order valence-corrected chi connectivity index (χ0v) is 16.4. The van der Waals surface area contributed by atoms with E-state index in [4.69, 9.17) is 4.74 Å². The highest BCUT2D eigenvalue weighted by molar-refractivity contribution is 5.86. The molecule has 5 heteroatoms. The summed E-state index contributed by atoms with van der Waals surface area (Å²) in [5, 5.41) is 14.7. The number of carbonyl (C=O) groups excluding carboxylic acids is 1. The van der Waals surface area contributed by atoms with Crippen molar-refractivity contribution in [2.24, 2.45) is 0 Å². The van der Waals surface area contributed by atoms with Crippen LogP contribution in [-0.2, 0) is 16.9 Å². The molecular formula is C23H28N2O3. The number of amides is 1. The van der Waals surface area contributed by atoms with E-state index in [0.717, 1.165) is 30.6 Å².